The number of benzene rings is 1. The summed E-state index contributed by atoms with van der Waals surface area (Å²) in [5.41, 5.74) is -0.669. The van der Waals surface area contributed by atoms with Gasteiger partial charge in [0.05, 0.1) is 0 Å². The van der Waals surface area contributed by atoms with Gasteiger partial charge in [-0.05, 0) is 51.0 Å². The summed E-state index contributed by atoms with van der Waals surface area (Å²) >= 11 is 0. The molecule has 0 spiro atoms. The van der Waals surface area contributed by atoms with Crippen molar-refractivity contribution in [3.05, 3.63) is 71.3 Å². The molecule has 0 atom stereocenters. The molecule has 0 aliphatic heterocycles. The second-order valence-electron chi connectivity index (χ2n) is 6.91. The zero-order valence-corrected chi connectivity index (χ0v) is 16.5. The number of alkyl carbamates (subject to hydrolysis) is 1. The van der Waals surface area contributed by atoms with Crippen LogP contribution in [0.25, 0.3) is 0 Å². The first-order chi connectivity index (χ1) is 13.5. The molecule has 3 N–H and O–H groups in total. The molecular weight excluding hydrogens is 389 g/mol. The third-order valence-electron chi connectivity index (χ3n) is 3.31. The minimum Gasteiger partial charge on any atom is -0.631 e. The van der Waals surface area contributed by atoms with Crippen LogP contribution >= 0.6 is 0 Å². The van der Waals surface area contributed by atoms with Gasteiger partial charge in [-0.3, -0.25) is 0 Å². The maximum Gasteiger partial charge on any atom is 0.420 e. The fraction of sp³-hybridized carbons (Fsp3) is 0.350. The molecule has 1 aromatic rings. The van der Waals surface area contributed by atoms with Crippen molar-refractivity contribution >= 4 is 6.09 Å². The van der Waals surface area contributed by atoms with Gasteiger partial charge in [0.1, 0.15) is 23.1 Å². The first kappa shape index (κ1) is 24.3. The van der Waals surface area contributed by atoms with E-state index in [2.05, 4.69) is 11.9 Å². The number of quaternary nitrogens is 1. The van der Waals surface area contributed by atoms with E-state index in [0.29, 0.717) is 19.2 Å². The Kier molecular flexibility index (Phi) is 8.93. The summed E-state index contributed by atoms with van der Waals surface area (Å²) in [4.78, 5) is 11.6. The Morgan fingerprint density at radius 1 is 1.24 bits per heavy atom. The number of rotatable bonds is 8. The highest BCUT2D eigenvalue weighted by atomic mass is 19.4. The predicted octanol–water partition coefficient (Wildman–Crippen LogP) is 3.71. The molecule has 6 nitrogen and oxygen atoms in total. The average Bonchev–Trinajstić information content (AvgIpc) is 2.58. The number of nitrogens with one attached hydrogen (secondary N) is 1. The van der Waals surface area contributed by atoms with Crippen LogP contribution in [0.15, 0.2) is 60.5 Å². The number of ether oxygens (including phenoxy) is 2. The molecule has 0 fully saturated rings. The van der Waals surface area contributed by atoms with Crippen molar-refractivity contribution in [3.8, 4) is 5.75 Å². The van der Waals surface area contributed by atoms with Crippen LogP contribution in [0.4, 0.5) is 18.0 Å². The lowest BCUT2D eigenvalue weighted by Crippen LogP contribution is -2.70. The average molecular weight is 414 g/mol. The number of hydrogen-bond donors (Lipinski definition) is 2. The normalized spacial score (nSPS) is 13.1. The first-order valence-corrected chi connectivity index (χ1v) is 8.75. The van der Waals surface area contributed by atoms with Crippen LogP contribution in [0.5, 0.6) is 5.75 Å². The number of halogens is 3. The smallest absolute Gasteiger partial charge is 0.420 e. The number of carbonyl (C=O) groups is 1. The molecule has 0 radical (unpaired) electrons. The number of hydroxylamine groups is 1. The molecule has 1 amide bonds. The van der Waals surface area contributed by atoms with Crippen LogP contribution < -0.4 is 15.5 Å². The summed E-state index contributed by atoms with van der Waals surface area (Å²) in [6, 6.07) is 6.25. The van der Waals surface area contributed by atoms with Gasteiger partial charge in [-0.2, -0.15) is 13.2 Å². The molecule has 0 aliphatic rings. The maximum absolute atomic E-state index is 13.2. The van der Waals surface area contributed by atoms with Gasteiger partial charge >= 0.3 is 12.3 Å². The topological polar surface area (TPSA) is 87.2 Å². The van der Waals surface area contributed by atoms with E-state index in [1.165, 1.54) is 12.1 Å². The van der Waals surface area contributed by atoms with Gasteiger partial charge in [0.25, 0.3) is 0 Å². The van der Waals surface area contributed by atoms with E-state index in [9.17, 15) is 23.2 Å². The van der Waals surface area contributed by atoms with Gasteiger partial charge in [-0.15, -0.1) is 0 Å². The van der Waals surface area contributed by atoms with Crippen molar-refractivity contribution in [1.82, 2.24) is 5.32 Å². The number of amides is 1. The van der Waals surface area contributed by atoms with Crippen molar-refractivity contribution in [1.29, 1.82) is 0 Å². The van der Waals surface area contributed by atoms with Crippen LogP contribution in [0.3, 0.4) is 0 Å². The summed E-state index contributed by atoms with van der Waals surface area (Å²) < 4.78 is 49.8. The lowest BCUT2D eigenvalue weighted by atomic mass is 10.1. The SMILES string of the molecule is C=C/C=C(\C(=C/[NH2+][O-])Oc1ccc(CCNC(=O)OC(C)(C)C)cc1)C(F)(F)F. The van der Waals surface area contributed by atoms with Gasteiger partial charge in [-0.1, -0.05) is 24.8 Å². The van der Waals surface area contributed by atoms with Crippen molar-refractivity contribution in [3.63, 3.8) is 0 Å². The summed E-state index contributed by atoms with van der Waals surface area (Å²) in [6.07, 6.45) is -2.37. The van der Waals surface area contributed by atoms with Crippen molar-refractivity contribution in [2.45, 2.75) is 39.0 Å². The predicted molar refractivity (Wildman–Crippen MR) is 103 cm³/mol. The maximum atomic E-state index is 13.2. The molecule has 0 saturated heterocycles. The lowest BCUT2D eigenvalue weighted by Gasteiger charge is -2.19. The van der Waals surface area contributed by atoms with E-state index in [4.69, 9.17) is 9.47 Å². The molecule has 0 saturated carbocycles. The van der Waals surface area contributed by atoms with Gasteiger partial charge in [0.15, 0.2) is 5.76 Å². The third-order valence-corrected chi connectivity index (χ3v) is 3.31. The van der Waals surface area contributed by atoms with Crippen LogP contribution in [0, 0.1) is 5.21 Å². The molecule has 29 heavy (non-hydrogen) atoms. The van der Waals surface area contributed by atoms with Gasteiger partial charge < -0.3 is 25.5 Å². The van der Waals surface area contributed by atoms with Crippen LogP contribution in [-0.2, 0) is 11.2 Å². The lowest BCUT2D eigenvalue weighted by molar-refractivity contribution is -0.516. The molecular formula is C20H25F3N2O4. The van der Waals surface area contributed by atoms with Crippen LogP contribution in [-0.4, -0.2) is 24.4 Å². The van der Waals surface area contributed by atoms with Gasteiger partial charge in [0.2, 0.25) is 0 Å². The van der Waals surface area contributed by atoms with Crippen molar-refractivity contribution < 1.29 is 32.9 Å². The fourth-order valence-corrected chi connectivity index (χ4v) is 2.15. The molecule has 0 bridgehead atoms. The Hall–Kier alpha value is -2.78. The molecule has 1 aromatic carbocycles. The Bertz CT molecular complexity index is 748. The Labute approximate surface area is 167 Å². The minimum atomic E-state index is -4.71. The van der Waals surface area contributed by atoms with E-state index in [0.717, 1.165) is 17.7 Å². The highest BCUT2D eigenvalue weighted by molar-refractivity contribution is 5.67. The molecule has 0 unspecified atom stereocenters. The molecule has 1 rings (SSSR count). The summed E-state index contributed by atoms with van der Waals surface area (Å²) in [5.74, 6) is -0.507. The number of alkyl halides is 3. The molecule has 0 aliphatic carbocycles. The first-order valence-electron chi connectivity index (χ1n) is 8.75. The molecule has 160 valence electrons. The van der Waals surface area contributed by atoms with Crippen LogP contribution in [0.1, 0.15) is 26.3 Å². The number of nitrogens with two attached hydrogens (primary N) is 1. The van der Waals surface area contributed by atoms with E-state index in [1.54, 1.807) is 32.9 Å². The second-order valence-corrected chi connectivity index (χ2v) is 6.91. The van der Waals surface area contributed by atoms with E-state index >= 15 is 0 Å². The molecule has 0 heterocycles. The van der Waals surface area contributed by atoms with E-state index in [-0.39, 0.29) is 11.2 Å². The summed E-state index contributed by atoms with van der Waals surface area (Å²) in [5, 5.41) is 13.3. The summed E-state index contributed by atoms with van der Waals surface area (Å²) in [6.45, 7) is 8.85. The van der Waals surface area contributed by atoms with Gasteiger partial charge in [0, 0.05) is 6.54 Å². The Balaban J connectivity index is 2.75. The Morgan fingerprint density at radius 3 is 2.34 bits per heavy atom. The third kappa shape index (κ3) is 9.31. The second kappa shape index (κ2) is 10.7. The fourth-order valence-electron chi connectivity index (χ4n) is 2.15. The quantitative estimate of drug-likeness (QED) is 0.386. The zero-order chi connectivity index (χ0) is 22.1. The van der Waals surface area contributed by atoms with Crippen molar-refractivity contribution in [2.75, 3.05) is 6.54 Å². The highest BCUT2D eigenvalue weighted by Gasteiger charge is 2.37. The van der Waals surface area contributed by atoms with E-state index in [1.807, 2.05) is 0 Å². The Morgan fingerprint density at radius 2 is 1.86 bits per heavy atom. The van der Waals surface area contributed by atoms with Gasteiger partial charge in [-0.25, -0.2) is 4.79 Å². The number of hydrogen-bond acceptors (Lipinski definition) is 4. The minimum absolute atomic E-state index is 0.126. The summed E-state index contributed by atoms with van der Waals surface area (Å²) in [7, 11) is 0. The van der Waals surface area contributed by atoms with Crippen molar-refractivity contribution in [2.24, 2.45) is 0 Å². The highest BCUT2D eigenvalue weighted by Crippen LogP contribution is 2.32. The van der Waals surface area contributed by atoms with E-state index < -0.39 is 29.2 Å². The standard InChI is InChI=1S/C20H25F3N2O4/c1-5-6-16(20(21,22)23)17(13-25-27)28-15-9-7-14(8-10-15)11-12-24-18(26)29-19(2,3)4/h5-10,13H,1,11-12,25H2,2-4H3,(H,24,26)/b16-6+,17-13+. The number of allylic oxidation sites excluding steroid dienone is 3. The van der Waals surface area contributed by atoms with Crippen LogP contribution in [0.2, 0.25) is 0 Å². The molecule has 9 heteroatoms. The number of carbonyl (C=O) groups excluding carboxylic acids is 1. The molecule has 0 aromatic heterocycles. The monoisotopic (exact) mass is 414 g/mol. The zero-order valence-electron chi connectivity index (χ0n) is 16.5. The largest absolute Gasteiger partial charge is 0.631 e.